The van der Waals surface area contributed by atoms with E-state index in [2.05, 4.69) is 12.1 Å². The van der Waals surface area contributed by atoms with Crippen molar-refractivity contribution in [2.45, 2.75) is 23.8 Å². The highest BCUT2D eigenvalue weighted by Crippen LogP contribution is 2.43. The van der Waals surface area contributed by atoms with Gasteiger partial charge < -0.3 is 4.74 Å². The van der Waals surface area contributed by atoms with Crippen LogP contribution in [0.3, 0.4) is 0 Å². The molecule has 0 bridgehead atoms. The normalized spacial score (nSPS) is 20.7. The second-order valence-corrected chi connectivity index (χ2v) is 7.24. The highest BCUT2D eigenvalue weighted by Gasteiger charge is 2.38. The lowest BCUT2D eigenvalue weighted by atomic mass is 9.83. The fourth-order valence-corrected chi connectivity index (χ4v) is 3.92. The molecule has 1 heterocycles. The fourth-order valence-electron chi connectivity index (χ4n) is 3.40. The Morgan fingerprint density at radius 2 is 1.83 bits per heavy atom. The predicted octanol–water partition coefficient (Wildman–Crippen LogP) is 3.21. The molecule has 23 heavy (non-hydrogen) atoms. The summed E-state index contributed by atoms with van der Waals surface area (Å²) < 4.78 is 17.1. The number of carbonyl (C=O) groups excluding carboxylic acids is 1. The van der Waals surface area contributed by atoms with E-state index in [0.717, 1.165) is 34.4 Å². The van der Waals surface area contributed by atoms with E-state index in [0.29, 0.717) is 5.57 Å². The summed E-state index contributed by atoms with van der Waals surface area (Å²) in [6.07, 6.45) is 3.26. The Morgan fingerprint density at radius 1 is 1.09 bits per heavy atom. The van der Waals surface area contributed by atoms with Crippen molar-refractivity contribution in [2.24, 2.45) is 0 Å². The van der Waals surface area contributed by atoms with Crippen molar-refractivity contribution in [2.75, 3.05) is 6.26 Å². The van der Waals surface area contributed by atoms with Crippen molar-refractivity contribution in [3.05, 3.63) is 65.2 Å². The standard InChI is InChI=1S/C19H16O3S/c1-23(21)14-9-6-13(7-10-14)17-18-15-5-3-2-4-12(15)8-11-16(18)22-19(17)20/h2-7,9-10,16H,8,11H2,1H3. The molecule has 1 aliphatic heterocycles. The lowest BCUT2D eigenvalue weighted by molar-refractivity contribution is -0.137. The van der Waals surface area contributed by atoms with Crippen molar-refractivity contribution in [3.63, 3.8) is 0 Å². The van der Waals surface area contributed by atoms with E-state index in [1.165, 1.54) is 5.56 Å². The zero-order valence-electron chi connectivity index (χ0n) is 12.7. The minimum atomic E-state index is -1.02. The van der Waals surface area contributed by atoms with Gasteiger partial charge >= 0.3 is 5.97 Å². The van der Waals surface area contributed by atoms with Crippen LogP contribution in [0.4, 0.5) is 0 Å². The molecule has 3 nitrogen and oxygen atoms in total. The molecule has 2 aliphatic rings. The average molecular weight is 324 g/mol. The van der Waals surface area contributed by atoms with E-state index in [4.69, 9.17) is 4.74 Å². The first-order chi connectivity index (χ1) is 11.1. The maximum Gasteiger partial charge on any atom is 0.339 e. The number of rotatable bonds is 2. The van der Waals surface area contributed by atoms with Gasteiger partial charge in [-0.25, -0.2) is 4.79 Å². The predicted molar refractivity (Wildman–Crippen MR) is 90.2 cm³/mol. The molecule has 0 N–H and O–H groups in total. The number of hydrogen-bond donors (Lipinski definition) is 0. The van der Waals surface area contributed by atoms with Gasteiger partial charge in [-0.3, -0.25) is 4.21 Å². The molecule has 4 rings (SSSR count). The van der Waals surface area contributed by atoms with E-state index < -0.39 is 10.8 Å². The lowest BCUT2D eigenvalue weighted by Gasteiger charge is -2.23. The van der Waals surface area contributed by atoms with Gasteiger partial charge in [-0.15, -0.1) is 0 Å². The molecule has 0 fully saturated rings. The van der Waals surface area contributed by atoms with Crippen LogP contribution in [0.2, 0.25) is 0 Å². The Bertz CT molecular complexity index is 849. The number of aryl methyl sites for hydroxylation is 1. The van der Waals surface area contributed by atoms with Crippen LogP contribution in [-0.4, -0.2) is 22.5 Å². The molecular formula is C19H16O3S. The van der Waals surface area contributed by atoms with E-state index in [1.54, 1.807) is 6.26 Å². The highest BCUT2D eigenvalue weighted by atomic mass is 32.2. The van der Waals surface area contributed by atoms with Crippen LogP contribution in [0.25, 0.3) is 11.1 Å². The van der Waals surface area contributed by atoms with Gasteiger partial charge in [0.2, 0.25) is 0 Å². The Balaban J connectivity index is 1.89. The minimum Gasteiger partial charge on any atom is -0.454 e. The van der Waals surface area contributed by atoms with Crippen LogP contribution < -0.4 is 0 Å². The van der Waals surface area contributed by atoms with Gasteiger partial charge in [0.1, 0.15) is 6.10 Å². The van der Waals surface area contributed by atoms with Crippen LogP contribution in [0, 0.1) is 0 Å². The first-order valence-corrected chi connectivity index (χ1v) is 9.18. The Kier molecular flexibility index (Phi) is 3.42. The summed E-state index contributed by atoms with van der Waals surface area (Å²) in [7, 11) is -1.02. The van der Waals surface area contributed by atoms with Crippen LogP contribution in [0.1, 0.15) is 23.1 Å². The first-order valence-electron chi connectivity index (χ1n) is 7.62. The van der Waals surface area contributed by atoms with Crippen molar-refractivity contribution >= 4 is 27.9 Å². The van der Waals surface area contributed by atoms with Crippen LogP contribution >= 0.6 is 0 Å². The summed E-state index contributed by atoms with van der Waals surface area (Å²) in [5.74, 6) is -0.257. The Labute approximate surface area is 137 Å². The molecule has 0 amide bonds. The number of benzene rings is 2. The van der Waals surface area contributed by atoms with E-state index in [9.17, 15) is 9.00 Å². The van der Waals surface area contributed by atoms with Gasteiger partial charge in [0.05, 0.1) is 5.57 Å². The number of ether oxygens (including phenoxy) is 1. The zero-order chi connectivity index (χ0) is 16.0. The van der Waals surface area contributed by atoms with Gasteiger partial charge in [-0.05, 0) is 41.7 Å². The van der Waals surface area contributed by atoms with Gasteiger partial charge in [0, 0.05) is 27.5 Å². The summed E-state index contributed by atoms with van der Waals surface area (Å²) >= 11 is 0. The van der Waals surface area contributed by atoms with Gasteiger partial charge in [0.15, 0.2) is 0 Å². The molecule has 0 saturated heterocycles. The SMILES string of the molecule is CS(=O)c1ccc(C2=C3c4ccccc4CCC3OC2=O)cc1. The fraction of sp³-hybridized carbons (Fsp3) is 0.211. The first kappa shape index (κ1) is 14.4. The average Bonchev–Trinajstić information content (AvgIpc) is 2.91. The lowest BCUT2D eigenvalue weighted by Crippen LogP contribution is -2.17. The Morgan fingerprint density at radius 3 is 2.57 bits per heavy atom. The second kappa shape index (κ2) is 5.46. The van der Waals surface area contributed by atoms with E-state index in [1.807, 2.05) is 36.4 Å². The third kappa shape index (κ3) is 2.34. The van der Waals surface area contributed by atoms with E-state index >= 15 is 0 Å². The third-order valence-corrected chi connectivity index (χ3v) is 5.44. The molecule has 2 unspecified atom stereocenters. The van der Waals surface area contributed by atoms with Gasteiger partial charge in [0.25, 0.3) is 0 Å². The number of esters is 1. The van der Waals surface area contributed by atoms with Crippen LogP contribution in [0.15, 0.2) is 53.4 Å². The van der Waals surface area contributed by atoms with Crippen molar-refractivity contribution in [3.8, 4) is 0 Å². The summed E-state index contributed by atoms with van der Waals surface area (Å²) in [6.45, 7) is 0. The molecule has 2 atom stereocenters. The highest BCUT2D eigenvalue weighted by molar-refractivity contribution is 7.84. The maximum absolute atomic E-state index is 12.4. The van der Waals surface area contributed by atoms with E-state index in [-0.39, 0.29) is 12.1 Å². The van der Waals surface area contributed by atoms with Crippen molar-refractivity contribution < 1.29 is 13.7 Å². The van der Waals surface area contributed by atoms with Gasteiger partial charge in [-0.1, -0.05) is 36.4 Å². The molecule has 0 spiro atoms. The second-order valence-electron chi connectivity index (χ2n) is 5.86. The largest absolute Gasteiger partial charge is 0.454 e. The summed E-state index contributed by atoms with van der Waals surface area (Å²) in [5.41, 5.74) is 4.87. The zero-order valence-corrected chi connectivity index (χ0v) is 13.6. The molecule has 2 aromatic carbocycles. The molecule has 116 valence electrons. The molecule has 2 aromatic rings. The molecule has 4 heteroatoms. The minimum absolute atomic E-state index is 0.146. The van der Waals surface area contributed by atoms with Crippen molar-refractivity contribution in [1.82, 2.24) is 0 Å². The summed E-state index contributed by atoms with van der Waals surface area (Å²) in [6, 6.07) is 15.6. The Hall–Kier alpha value is -2.20. The van der Waals surface area contributed by atoms with Crippen LogP contribution in [-0.2, 0) is 26.8 Å². The summed E-state index contributed by atoms with van der Waals surface area (Å²) in [4.78, 5) is 13.2. The topological polar surface area (TPSA) is 43.4 Å². The molecular weight excluding hydrogens is 308 g/mol. The molecule has 0 aromatic heterocycles. The van der Waals surface area contributed by atoms with Crippen LogP contribution in [0.5, 0.6) is 0 Å². The number of hydrogen-bond acceptors (Lipinski definition) is 3. The number of fused-ring (bicyclic) bond motifs is 3. The quantitative estimate of drug-likeness (QED) is 0.797. The van der Waals surface area contributed by atoms with Crippen molar-refractivity contribution in [1.29, 1.82) is 0 Å². The summed E-state index contributed by atoms with van der Waals surface area (Å²) in [5, 5.41) is 0. The van der Waals surface area contributed by atoms with Gasteiger partial charge in [-0.2, -0.15) is 0 Å². The molecule has 0 radical (unpaired) electrons. The number of carbonyl (C=O) groups is 1. The maximum atomic E-state index is 12.4. The smallest absolute Gasteiger partial charge is 0.339 e. The molecule has 1 aliphatic carbocycles. The molecule has 0 saturated carbocycles. The monoisotopic (exact) mass is 324 g/mol. The third-order valence-electron chi connectivity index (χ3n) is 4.50.